The summed E-state index contributed by atoms with van der Waals surface area (Å²) in [5.74, 6) is -0.226. The third-order valence-electron chi connectivity index (χ3n) is 2.67. The molecule has 1 atom stereocenters. The quantitative estimate of drug-likeness (QED) is 0.767. The van der Waals surface area contributed by atoms with Gasteiger partial charge in [-0.15, -0.1) is 11.3 Å². The highest BCUT2D eigenvalue weighted by molar-refractivity contribution is 7.09. The molecule has 114 valence electrons. The summed E-state index contributed by atoms with van der Waals surface area (Å²) >= 11 is 13.4. The van der Waals surface area contributed by atoms with Gasteiger partial charge in [0.15, 0.2) is 5.75 Å². The van der Waals surface area contributed by atoms with Crippen LogP contribution in [-0.2, 0) is 0 Å². The predicted molar refractivity (Wildman–Crippen MR) is 82.0 cm³/mol. The number of hydrogen-bond acceptors (Lipinski definition) is 4. The maximum Gasteiger partial charge on any atom is 0.387 e. The van der Waals surface area contributed by atoms with E-state index in [4.69, 9.17) is 23.2 Å². The smallest absolute Gasteiger partial charge is 0.387 e. The van der Waals surface area contributed by atoms with Crippen LogP contribution in [0.2, 0.25) is 10.0 Å². The molecule has 0 bridgehead atoms. The van der Waals surface area contributed by atoms with Crippen molar-refractivity contribution in [2.45, 2.75) is 26.5 Å². The van der Waals surface area contributed by atoms with Crippen molar-refractivity contribution in [1.29, 1.82) is 0 Å². The number of hydrogen-bond donors (Lipinski definition) is 1. The number of anilines is 1. The van der Waals surface area contributed by atoms with Gasteiger partial charge < -0.3 is 10.1 Å². The summed E-state index contributed by atoms with van der Waals surface area (Å²) in [5.41, 5.74) is 1.49. The molecule has 21 heavy (non-hydrogen) atoms. The van der Waals surface area contributed by atoms with Gasteiger partial charge in [0.05, 0.1) is 26.8 Å². The van der Waals surface area contributed by atoms with E-state index in [1.165, 1.54) is 12.1 Å². The normalized spacial score (nSPS) is 12.5. The molecule has 1 unspecified atom stereocenters. The Morgan fingerprint density at radius 3 is 2.38 bits per heavy atom. The minimum Gasteiger partial charge on any atom is -0.432 e. The zero-order valence-corrected chi connectivity index (χ0v) is 13.5. The van der Waals surface area contributed by atoms with Gasteiger partial charge in [-0.05, 0) is 26.0 Å². The topological polar surface area (TPSA) is 34.2 Å². The highest BCUT2D eigenvalue weighted by Gasteiger charge is 2.16. The third-order valence-corrected chi connectivity index (χ3v) is 4.02. The molecule has 0 radical (unpaired) electrons. The molecule has 0 saturated carbocycles. The Hall–Kier alpha value is -1.11. The van der Waals surface area contributed by atoms with Crippen LogP contribution in [0, 0.1) is 6.92 Å². The monoisotopic (exact) mass is 352 g/mol. The predicted octanol–water partition coefficient (Wildman–Crippen LogP) is 5.53. The highest BCUT2D eigenvalue weighted by Crippen LogP contribution is 2.37. The fourth-order valence-electron chi connectivity index (χ4n) is 1.75. The van der Waals surface area contributed by atoms with Crippen LogP contribution in [0.1, 0.15) is 23.7 Å². The lowest BCUT2D eigenvalue weighted by Crippen LogP contribution is -2.08. The van der Waals surface area contributed by atoms with Crippen LogP contribution in [0.25, 0.3) is 0 Å². The van der Waals surface area contributed by atoms with Gasteiger partial charge in [-0.3, -0.25) is 0 Å². The molecule has 0 aliphatic rings. The van der Waals surface area contributed by atoms with E-state index in [0.29, 0.717) is 5.69 Å². The molecule has 1 N–H and O–H groups in total. The molecule has 2 aromatic rings. The van der Waals surface area contributed by atoms with Crippen molar-refractivity contribution in [3.63, 3.8) is 0 Å². The zero-order valence-electron chi connectivity index (χ0n) is 11.2. The van der Waals surface area contributed by atoms with E-state index in [2.05, 4.69) is 15.0 Å². The Kier molecular flexibility index (Phi) is 5.24. The van der Waals surface area contributed by atoms with Gasteiger partial charge in [0.1, 0.15) is 0 Å². The first-order chi connectivity index (χ1) is 9.86. The Morgan fingerprint density at radius 2 is 1.90 bits per heavy atom. The number of nitrogens with zero attached hydrogens (tertiary/aromatic N) is 1. The van der Waals surface area contributed by atoms with Gasteiger partial charge >= 0.3 is 6.61 Å². The van der Waals surface area contributed by atoms with E-state index < -0.39 is 6.61 Å². The zero-order chi connectivity index (χ0) is 15.6. The summed E-state index contributed by atoms with van der Waals surface area (Å²) < 4.78 is 28.8. The Balaban J connectivity index is 2.18. The van der Waals surface area contributed by atoms with Crippen molar-refractivity contribution in [1.82, 2.24) is 4.98 Å². The van der Waals surface area contributed by atoms with Crippen LogP contribution < -0.4 is 10.1 Å². The van der Waals surface area contributed by atoms with Crippen LogP contribution in [0.4, 0.5) is 14.5 Å². The molecule has 3 nitrogen and oxygen atoms in total. The van der Waals surface area contributed by atoms with E-state index in [9.17, 15) is 8.78 Å². The Bertz CT molecular complexity index is 613. The van der Waals surface area contributed by atoms with Crippen molar-refractivity contribution in [2.75, 3.05) is 5.32 Å². The fourth-order valence-corrected chi connectivity index (χ4v) is 3.03. The van der Waals surface area contributed by atoms with Crippen LogP contribution in [0.3, 0.4) is 0 Å². The number of alkyl halides is 2. The second kappa shape index (κ2) is 6.77. The van der Waals surface area contributed by atoms with Crippen molar-refractivity contribution in [3.05, 3.63) is 38.3 Å². The lowest BCUT2D eigenvalue weighted by molar-refractivity contribution is -0.0497. The summed E-state index contributed by atoms with van der Waals surface area (Å²) in [6.07, 6.45) is 0. The van der Waals surface area contributed by atoms with Crippen LogP contribution in [0.15, 0.2) is 17.5 Å². The van der Waals surface area contributed by atoms with Gasteiger partial charge in [0.2, 0.25) is 0 Å². The third kappa shape index (κ3) is 4.18. The second-order valence-electron chi connectivity index (χ2n) is 4.30. The van der Waals surface area contributed by atoms with Gasteiger partial charge in [-0.2, -0.15) is 8.78 Å². The number of rotatable bonds is 5. The summed E-state index contributed by atoms with van der Waals surface area (Å²) in [6.45, 7) is 0.876. The van der Waals surface area contributed by atoms with E-state index >= 15 is 0 Å². The minimum atomic E-state index is -2.98. The fraction of sp³-hybridized carbons (Fsp3) is 0.308. The van der Waals surface area contributed by atoms with Gasteiger partial charge in [0.25, 0.3) is 0 Å². The summed E-state index contributed by atoms with van der Waals surface area (Å²) in [4.78, 5) is 4.37. The molecule has 0 fully saturated rings. The Labute approximate surface area is 134 Å². The number of thiazole rings is 1. The number of benzene rings is 1. The first kappa shape index (κ1) is 16.3. The highest BCUT2D eigenvalue weighted by atomic mass is 35.5. The molecule has 0 amide bonds. The van der Waals surface area contributed by atoms with Crippen LogP contribution in [-0.4, -0.2) is 11.6 Å². The first-order valence-corrected chi connectivity index (χ1v) is 7.62. The van der Waals surface area contributed by atoms with Crippen LogP contribution >= 0.6 is 34.5 Å². The molecule has 2 rings (SSSR count). The Morgan fingerprint density at radius 1 is 1.29 bits per heavy atom. The van der Waals surface area contributed by atoms with Crippen molar-refractivity contribution < 1.29 is 13.5 Å². The number of nitrogens with one attached hydrogen (secondary N) is 1. The average Bonchev–Trinajstić information content (AvgIpc) is 2.80. The molecule has 1 aromatic carbocycles. The molecule has 1 aromatic heterocycles. The average molecular weight is 353 g/mol. The lowest BCUT2D eigenvalue weighted by atomic mass is 10.2. The maximum absolute atomic E-state index is 12.3. The van der Waals surface area contributed by atoms with E-state index in [0.717, 1.165) is 10.7 Å². The first-order valence-electron chi connectivity index (χ1n) is 5.99. The summed E-state index contributed by atoms with van der Waals surface area (Å²) in [7, 11) is 0. The molecule has 1 heterocycles. The second-order valence-corrected chi connectivity index (χ2v) is 6.18. The number of halogens is 4. The minimum absolute atomic E-state index is 0.0203. The standard InChI is InChI=1S/C13H12Cl2F2N2OS/c1-6(11-5-21-7(2)19-11)18-8-3-9(14)12(10(15)4-8)20-13(16)17/h3-6,13,18H,1-2H3. The van der Waals surface area contributed by atoms with Crippen molar-refractivity contribution in [3.8, 4) is 5.75 Å². The molecule has 8 heteroatoms. The summed E-state index contributed by atoms with van der Waals surface area (Å²) in [5, 5.41) is 6.12. The molecule has 0 aliphatic heterocycles. The molecule has 0 spiro atoms. The number of aryl methyl sites for hydroxylation is 1. The summed E-state index contributed by atoms with van der Waals surface area (Å²) in [6, 6.07) is 2.91. The van der Waals surface area contributed by atoms with Gasteiger partial charge in [-0.25, -0.2) is 4.98 Å². The number of ether oxygens (including phenoxy) is 1. The molecule has 0 aliphatic carbocycles. The molecular weight excluding hydrogens is 341 g/mol. The van der Waals surface area contributed by atoms with Gasteiger partial charge in [0, 0.05) is 11.1 Å². The lowest BCUT2D eigenvalue weighted by Gasteiger charge is -2.16. The van der Waals surface area contributed by atoms with Crippen molar-refractivity contribution >= 4 is 40.2 Å². The SMILES string of the molecule is Cc1nc(C(C)Nc2cc(Cl)c(OC(F)F)c(Cl)c2)cs1. The van der Waals surface area contributed by atoms with E-state index in [1.807, 2.05) is 19.2 Å². The van der Waals surface area contributed by atoms with E-state index in [-0.39, 0.29) is 21.8 Å². The van der Waals surface area contributed by atoms with Gasteiger partial charge in [-0.1, -0.05) is 23.2 Å². The maximum atomic E-state index is 12.3. The number of aromatic nitrogens is 1. The largest absolute Gasteiger partial charge is 0.432 e. The molecular formula is C13H12Cl2F2N2OS. The van der Waals surface area contributed by atoms with Crippen molar-refractivity contribution in [2.24, 2.45) is 0 Å². The molecule has 0 saturated heterocycles. The van der Waals surface area contributed by atoms with E-state index in [1.54, 1.807) is 11.3 Å². The van der Waals surface area contributed by atoms with Crippen LogP contribution in [0.5, 0.6) is 5.75 Å².